The first-order valence-corrected chi connectivity index (χ1v) is 23.7. The Bertz CT molecular complexity index is 3490. The van der Waals surface area contributed by atoms with Gasteiger partial charge < -0.3 is 4.90 Å². The smallest absolute Gasteiger partial charge is 0.0734 e. The maximum atomic E-state index is 2.59. The molecule has 0 saturated heterocycles. The minimum atomic E-state index is -0.620. The normalized spacial score (nSPS) is 13.7. The monoisotopic (exact) mass is 857 g/mol. The molecule has 1 nitrogen and oxygen atoms in total. The van der Waals surface area contributed by atoms with Gasteiger partial charge in [0.2, 0.25) is 0 Å². The summed E-state index contributed by atoms with van der Waals surface area (Å²) in [6.45, 7) is 0. The van der Waals surface area contributed by atoms with Crippen molar-refractivity contribution in [3.05, 3.63) is 305 Å². The second kappa shape index (κ2) is 15.3. The molecule has 13 rings (SSSR count). The number of nitrogens with zero attached hydrogens (tertiary/aromatic N) is 1. The van der Waals surface area contributed by atoms with E-state index < -0.39 is 10.8 Å². The Morgan fingerprint density at radius 2 is 0.788 bits per heavy atom. The van der Waals surface area contributed by atoms with Crippen LogP contribution in [0, 0.1) is 0 Å². The molecule has 0 fully saturated rings. The van der Waals surface area contributed by atoms with Gasteiger partial charge in [0.15, 0.2) is 0 Å². The van der Waals surface area contributed by atoms with Gasteiger partial charge in [-0.05, 0) is 109 Å². The molecule has 11 aromatic rings. The Morgan fingerprint density at radius 1 is 0.318 bits per heavy atom. The molecule has 2 aliphatic rings. The zero-order chi connectivity index (χ0) is 43.7. The number of fused-ring (bicyclic) bond motifs is 7. The minimum absolute atomic E-state index is 0.550. The second-order valence-corrected chi connectivity index (χ2v) is 18.4. The number of thiophene rings is 1. The van der Waals surface area contributed by atoms with Crippen molar-refractivity contribution in [3.8, 4) is 33.4 Å². The molecule has 0 atom stereocenters. The summed E-state index contributed by atoms with van der Waals surface area (Å²) in [5, 5.41) is 3.49. The molecule has 1 aromatic heterocycles. The summed E-state index contributed by atoms with van der Waals surface area (Å²) in [5.74, 6) is 0. The molecule has 0 radical (unpaired) electrons. The highest BCUT2D eigenvalue weighted by Crippen LogP contribution is 2.63. The van der Waals surface area contributed by atoms with E-state index in [1.165, 1.54) is 88.0 Å². The summed E-state index contributed by atoms with van der Waals surface area (Å²) in [6.07, 6.45) is 0. The van der Waals surface area contributed by atoms with Crippen molar-refractivity contribution in [3.63, 3.8) is 0 Å². The van der Waals surface area contributed by atoms with E-state index >= 15 is 0 Å². The summed E-state index contributed by atoms with van der Waals surface area (Å²) in [5.41, 5.74) is 19.8. The van der Waals surface area contributed by atoms with Crippen LogP contribution in [-0.4, -0.2) is 0 Å². The summed E-state index contributed by atoms with van der Waals surface area (Å²) in [6, 6.07) is 95.1. The molecule has 0 saturated carbocycles. The molecular formula is C64H43NS. The van der Waals surface area contributed by atoms with Crippen molar-refractivity contribution in [1.82, 2.24) is 0 Å². The second-order valence-electron chi connectivity index (χ2n) is 17.5. The number of benzene rings is 10. The fourth-order valence-electron chi connectivity index (χ4n) is 11.8. The van der Waals surface area contributed by atoms with Crippen LogP contribution in [0.4, 0.5) is 17.1 Å². The average molecular weight is 858 g/mol. The van der Waals surface area contributed by atoms with Crippen LogP contribution in [0.3, 0.4) is 0 Å². The van der Waals surface area contributed by atoms with Gasteiger partial charge in [0, 0.05) is 26.9 Å². The molecule has 310 valence electrons. The van der Waals surface area contributed by atoms with E-state index in [-0.39, 0.29) is 0 Å². The van der Waals surface area contributed by atoms with E-state index in [1.807, 2.05) is 0 Å². The molecule has 0 amide bonds. The molecule has 2 heteroatoms. The van der Waals surface area contributed by atoms with Gasteiger partial charge in [0.25, 0.3) is 0 Å². The van der Waals surface area contributed by atoms with E-state index in [4.69, 9.17) is 0 Å². The lowest BCUT2D eigenvalue weighted by Crippen LogP contribution is -2.30. The van der Waals surface area contributed by atoms with E-state index in [2.05, 4.69) is 265 Å². The van der Waals surface area contributed by atoms with Gasteiger partial charge in [-0.3, -0.25) is 0 Å². The van der Waals surface area contributed by atoms with Gasteiger partial charge in [-0.15, -0.1) is 11.3 Å². The number of hydrogen-bond acceptors (Lipinski definition) is 2. The van der Waals surface area contributed by atoms with Crippen LogP contribution in [0.2, 0.25) is 0 Å². The van der Waals surface area contributed by atoms with E-state index in [0.29, 0.717) is 0 Å². The predicted molar refractivity (Wildman–Crippen MR) is 277 cm³/mol. The minimum Gasteiger partial charge on any atom is -0.310 e. The van der Waals surface area contributed by atoms with Crippen LogP contribution in [0.5, 0.6) is 0 Å². The molecule has 0 bridgehead atoms. The maximum Gasteiger partial charge on any atom is 0.0734 e. The van der Waals surface area contributed by atoms with Gasteiger partial charge in [0.05, 0.1) is 22.2 Å². The fraction of sp³-hybridized carbons (Fsp3) is 0.0312. The quantitative estimate of drug-likeness (QED) is 0.147. The third kappa shape index (κ3) is 5.46. The summed E-state index contributed by atoms with van der Waals surface area (Å²) >= 11 is 1.79. The van der Waals surface area contributed by atoms with Crippen LogP contribution in [0.15, 0.2) is 260 Å². The number of hydrogen-bond donors (Lipinski definition) is 0. The van der Waals surface area contributed by atoms with Gasteiger partial charge in [0.1, 0.15) is 0 Å². The first-order valence-electron chi connectivity index (χ1n) is 22.8. The fourth-order valence-corrected chi connectivity index (χ4v) is 12.6. The topological polar surface area (TPSA) is 3.24 Å². The Labute approximate surface area is 390 Å². The van der Waals surface area contributed by atoms with Crippen molar-refractivity contribution in [2.75, 3.05) is 4.90 Å². The van der Waals surface area contributed by atoms with Gasteiger partial charge >= 0.3 is 0 Å². The highest BCUT2D eigenvalue weighted by Gasteiger charge is 2.50. The van der Waals surface area contributed by atoms with Crippen molar-refractivity contribution >= 4 is 38.5 Å². The maximum absolute atomic E-state index is 2.59. The predicted octanol–water partition coefficient (Wildman–Crippen LogP) is 16.8. The standard InChI is InChI=1S/C64H43NS/c1-5-20-45(21-6-1)63(46-22-7-2-8-23-46)56-33-16-14-29-54(56)61-57(63)34-19-35-58(61)65(49-40-38-44(39-41-49)50-30-18-37-60-52(50)42-43-66-60)59-36-17-31-53-51-28-13-15-32-55(51)64(62(53)59,47-24-9-3-10-25-47)48-26-11-4-12-27-48/h1-43H. The lowest BCUT2D eigenvalue weighted by Gasteiger charge is -2.38. The van der Waals surface area contributed by atoms with Crippen molar-refractivity contribution in [1.29, 1.82) is 0 Å². The Kier molecular flexibility index (Phi) is 8.91. The lowest BCUT2D eigenvalue weighted by atomic mass is 9.67. The lowest BCUT2D eigenvalue weighted by molar-refractivity contribution is 0.766. The van der Waals surface area contributed by atoms with Crippen LogP contribution >= 0.6 is 11.3 Å². The van der Waals surface area contributed by atoms with Gasteiger partial charge in [-0.2, -0.15) is 0 Å². The number of rotatable bonds is 8. The molecular weight excluding hydrogens is 815 g/mol. The van der Waals surface area contributed by atoms with Crippen LogP contribution in [0.1, 0.15) is 44.5 Å². The van der Waals surface area contributed by atoms with Crippen LogP contribution in [-0.2, 0) is 10.8 Å². The Hall–Kier alpha value is -8.04. The number of anilines is 3. The summed E-state index contributed by atoms with van der Waals surface area (Å²) < 4.78 is 1.30. The summed E-state index contributed by atoms with van der Waals surface area (Å²) in [4.78, 5) is 2.59. The van der Waals surface area contributed by atoms with Crippen molar-refractivity contribution in [2.45, 2.75) is 10.8 Å². The SMILES string of the molecule is c1ccc(C2(c3ccccc3)c3ccccc3-c3c(N(c4ccc(-c5cccc6sccc56)cc4)c4cccc5c4C(c4ccccc4)(c4ccccc4)c4ccccc4-5)cccc32)cc1. The first kappa shape index (κ1) is 38.4. The molecule has 0 spiro atoms. The molecule has 1 heterocycles. The molecule has 0 N–H and O–H groups in total. The largest absolute Gasteiger partial charge is 0.310 e. The molecule has 66 heavy (non-hydrogen) atoms. The van der Waals surface area contributed by atoms with Crippen LogP contribution < -0.4 is 4.90 Å². The third-order valence-corrected chi connectivity index (χ3v) is 15.2. The van der Waals surface area contributed by atoms with Crippen molar-refractivity contribution in [2.24, 2.45) is 0 Å². The molecule has 0 unspecified atom stereocenters. The molecule has 10 aromatic carbocycles. The zero-order valence-electron chi connectivity index (χ0n) is 36.2. The summed E-state index contributed by atoms with van der Waals surface area (Å²) in [7, 11) is 0. The average Bonchev–Trinajstić information content (AvgIpc) is 4.09. The third-order valence-electron chi connectivity index (χ3n) is 14.3. The van der Waals surface area contributed by atoms with E-state index in [1.54, 1.807) is 11.3 Å². The van der Waals surface area contributed by atoms with Gasteiger partial charge in [-0.1, -0.05) is 218 Å². The molecule has 2 aliphatic carbocycles. The van der Waals surface area contributed by atoms with Gasteiger partial charge in [-0.25, -0.2) is 0 Å². The van der Waals surface area contributed by atoms with Crippen molar-refractivity contribution < 1.29 is 0 Å². The molecule has 0 aliphatic heterocycles. The van der Waals surface area contributed by atoms with E-state index in [0.717, 1.165) is 17.1 Å². The zero-order valence-corrected chi connectivity index (χ0v) is 37.0. The highest BCUT2D eigenvalue weighted by atomic mass is 32.1. The highest BCUT2D eigenvalue weighted by molar-refractivity contribution is 7.17. The Morgan fingerprint density at radius 3 is 1.42 bits per heavy atom. The van der Waals surface area contributed by atoms with Crippen LogP contribution in [0.25, 0.3) is 43.5 Å². The Balaban J connectivity index is 1.15. The van der Waals surface area contributed by atoms with E-state index in [9.17, 15) is 0 Å². The first-order chi connectivity index (χ1) is 32.8.